The van der Waals surface area contributed by atoms with Gasteiger partial charge in [0.05, 0.1) is 19.8 Å². The molecule has 0 aliphatic carbocycles. The fraction of sp³-hybridized carbons (Fsp3) is 0.471. The van der Waals surface area contributed by atoms with Crippen LogP contribution in [0.2, 0.25) is 0 Å². The van der Waals surface area contributed by atoms with Gasteiger partial charge in [-0.2, -0.15) is 0 Å². The molecule has 0 unspecified atom stereocenters. The van der Waals surface area contributed by atoms with Gasteiger partial charge in [-0.05, 0) is 5.56 Å². The molecular formula is C17H21N5O2. The van der Waals surface area contributed by atoms with Gasteiger partial charge in [-0.15, -0.1) is 10.2 Å². The van der Waals surface area contributed by atoms with Crippen molar-refractivity contribution in [2.45, 2.75) is 19.6 Å². The molecule has 2 aromatic rings. The van der Waals surface area contributed by atoms with E-state index in [0.29, 0.717) is 32.1 Å². The molecule has 4 rings (SSSR count). The molecule has 24 heavy (non-hydrogen) atoms. The first-order valence-corrected chi connectivity index (χ1v) is 8.36. The van der Waals surface area contributed by atoms with Crippen LogP contribution in [0.4, 0.5) is 0 Å². The highest BCUT2D eigenvalue weighted by Gasteiger charge is 2.28. The molecule has 2 aliphatic heterocycles. The van der Waals surface area contributed by atoms with Crippen molar-refractivity contribution < 1.29 is 9.53 Å². The van der Waals surface area contributed by atoms with E-state index in [0.717, 1.165) is 32.0 Å². The maximum absolute atomic E-state index is 12.6. The molecule has 0 spiro atoms. The lowest BCUT2D eigenvalue weighted by molar-refractivity contribution is 0.0289. The van der Waals surface area contributed by atoms with Gasteiger partial charge >= 0.3 is 0 Å². The molecular weight excluding hydrogens is 306 g/mol. The molecule has 1 amide bonds. The van der Waals surface area contributed by atoms with Gasteiger partial charge in [-0.1, -0.05) is 30.3 Å². The summed E-state index contributed by atoms with van der Waals surface area (Å²) in [7, 11) is 0. The number of nitrogens with zero attached hydrogens (tertiary/aromatic N) is 5. The van der Waals surface area contributed by atoms with Crippen LogP contribution in [-0.4, -0.2) is 63.3 Å². The van der Waals surface area contributed by atoms with Crippen LogP contribution in [0.3, 0.4) is 0 Å². The third kappa shape index (κ3) is 3.05. The van der Waals surface area contributed by atoms with Gasteiger partial charge in [0.2, 0.25) is 5.82 Å². The SMILES string of the molecule is O=C(c1nnc2n1CCN(Cc1ccccc1)C2)N1CCOCC1. The molecule has 3 heterocycles. The Hall–Kier alpha value is -2.25. The Morgan fingerprint density at radius 1 is 1.04 bits per heavy atom. The minimum atomic E-state index is -0.0337. The van der Waals surface area contributed by atoms with Crippen molar-refractivity contribution in [2.75, 3.05) is 32.8 Å². The molecule has 2 aliphatic rings. The maximum atomic E-state index is 12.6. The molecule has 7 nitrogen and oxygen atoms in total. The summed E-state index contributed by atoms with van der Waals surface area (Å²) in [5.41, 5.74) is 1.29. The Morgan fingerprint density at radius 3 is 2.62 bits per heavy atom. The standard InChI is InChI=1S/C17H21N5O2/c23-17(21-8-10-24-11-9-21)16-19-18-15-13-20(6-7-22(15)16)12-14-4-2-1-3-5-14/h1-5H,6-13H2. The van der Waals surface area contributed by atoms with Crippen molar-refractivity contribution in [1.82, 2.24) is 24.6 Å². The van der Waals surface area contributed by atoms with Crippen molar-refractivity contribution in [3.63, 3.8) is 0 Å². The van der Waals surface area contributed by atoms with Gasteiger partial charge in [-0.3, -0.25) is 9.69 Å². The number of benzene rings is 1. The van der Waals surface area contributed by atoms with Crippen LogP contribution in [-0.2, 0) is 24.4 Å². The molecule has 1 fully saturated rings. The molecule has 126 valence electrons. The average Bonchev–Trinajstić information content (AvgIpc) is 3.06. The number of hydrogen-bond donors (Lipinski definition) is 0. The van der Waals surface area contributed by atoms with E-state index in [-0.39, 0.29) is 5.91 Å². The number of amides is 1. The van der Waals surface area contributed by atoms with Crippen LogP contribution in [0, 0.1) is 0 Å². The number of carbonyl (C=O) groups excluding carboxylic acids is 1. The molecule has 7 heteroatoms. The zero-order valence-electron chi connectivity index (χ0n) is 13.6. The topological polar surface area (TPSA) is 63.5 Å². The minimum absolute atomic E-state index is 0.0337. The van der Waals surface area contributed by atoms with Crippen molar-refractivity contribution in [3.8, 4) is 0 Å². The van der Waals surface area contributed by atoms with E-state index in [4.69, 9.17) is 4.74 Å². The summed E-state index contributed by atoms with van der Waals surface area (Å²) in [6.07, 6.45) is 0. The number of hydrogen-bond acceptors (Lipinski definition) is 5. The molecule has 0 bridgehead atoms. The fourth-order valence-electron chi connectivity index (χ4n) is 3.25. The minimum Gasteiger partial charge on any atom is -0.378 e. The van der Waals surface area contributed by atoms with Crippen LogP contribution >= 0.6 is 0 Å². The monoisotopic (exact) mass is 327 g/mol. The highest BCUT2D eigenvalue weighted by molar-refractivity contribution is 5.90. The summed E-state index contributed by atoms with van der Waals surface area (Å²) in [6.45, 7) is 5.69. The first-order valence-electron chi connectivity index (χ1n) is 8.36. The van der Waals surface area contributed by atoms with Crippen LogP contribution < -0.4 is 0 Å². The maximum Gasteiger partial charge on any atom is 0.291 e. The number of fused-ring (bicyclic) bond motifs is 1. The Morgan fingerprint density at radius 2 is 1.83 bits per heavy atom. The normalized spacial score (nSPS) is 18.4. The van der Waals surface area contributed by atoms with E-state index in [9.17, 15) is 4.79 Å². The second-order valence-corrected chi connectivity index (χ2v) is 6.19. The lowest BCUT2D eigenvalue weighted by Gasteiger charge is -2.29. The summed E-state index contributed by atoms with van der Waals surface area (Å²) in [6, 6.07) is 10.4. The summed E-state index contributed by atoms with van der Waals surface area (Å²) in [5.74, 6) is 1.30. The van der Waals surface area contributed by atoms with E-state index in [2.05, 4.69) is 39.4 Å². The average molecular weight is 327 g/mol. The highest BCUT2D eigenvalue weighted by atomic mass is 16.5. The Labute approximate surface area is 140 Å². The zero-order valence-corrected chi connectivity index (χ0v) is 13.6. The lowest BCUT2D eigenvalue weighted by Crippen LogP contribution is -2.42. The Balaban J connectivity index is 1.46. The number of rotatable bonds is 3. The third-order valence-electron chi connectivity index (χ3n) is 4.57. The Bertz CT molecular complexity index is 709. The van der Waals surface area contributed by atoms with Crippen molar-refractivity contribution >= 4 is 5.91 Å². The van der Waals surface area contributed by atoms with Crippen LogP contribution in [0.25, 0.3) is 0 Å². The summed E-state index contributed by atoms with van der Waals surface area (Å²) < 4.78 is 7.28. The second-order valence-electron chi connectivity index (χ2n) is 6.19. The molecule has 0 saturated carbocycles. The van der Waals surface area contributed by atoms with Gasteiger partial charge in [0.15, 0.2) is 0 Å². The smallest absolute Gasteiger partial charge is 0.291 e. The first kappa shape index (κ1) is 15.3. The quantitative estimate of drug-likeness (QED) is 0.833. The zero-order chi connectivity index (χ0) is 16.4. The predicted octanol–water partition coefficient (Wildman–Crippen LogP) is 0.766. The molecule has 0 radical (unpaired) electrons. The van der Waals surface area contributed by atoms with Crippen molar-refractivity contribution in [3.05, 3.63) is 47.5 Å². The molecule has 1 aromatic carbocycles. The van der Waals surface area contributed by atoms with E-state index in [1.165, 1.54) is 5.56 Å². The third-order valence-corrected chi connectivity index (χ3v) is 4.57. The van der Waals surface area contributed by atoms with Crippen molar-refractivity contribution in [2.24, 2.45) is 0 Å². The van der Waals surface area contributed by atoms with E-state index in [1.54, 1.807) is 4.90 Å². The van der Waals surface area contributed by atoms with Gasteiger partial charge in [0, 0.05) is 32.7 Å². The summed E-state index contributed by atoms with van der Waals surface area (Å²) in [5, 5.41) is 8.43. The van der Waals surface area contributed by atoms with Gasteiger partial charge < -0.3 is 14.2 Å². The molecule has 0 N–H and O–H groups in total. The molecule has 1 saturated heterocycles. The highest BCUT2D eigenvalue weighted by Crippen LogP contribution is 2.16. The lowest BCUT2D eigenvalue weighted by atomic mass is 10.2. The predicted molar refractivity (Wildman–Crippen MR) is 87.3 cm³/mol. The summed E-state index contributed by atoms with van der Waals surface area (Å²) >= 11 is 0. The molecule has 0 atom stereocenters. The summed E-state index contributed by atoms with van der Waals surface area (Å²) in [4.78, 5) is 16.8. The van der Waals surface area contributed by atoms with Crippen molar-refractivity contribution in [1.29, 1.82) is 0 Å². The number of ether oxygens (including phenoxy) is 1. The first-order chi connectivity index (χ1) is 11.8. The van der Waals surface area contributed by atoms with E-state index >= 15 is 0 Å². The van der Waals surface area contributed by atoms with Gasteiger partial charge in [0.25, 0.3) is 5.91 Å². The Kier molecular flexibility index (Phi) is 4.27. The second kappa shape index (κ2) is 6.70. The number of aromatic nitrogens is 3. The van der Waals surface area contributed by atoms with E-state index < -0.39 is 0 Å². The van der Waals surface area contributed by atoms with Gasteiger partial charge in [0.1, 0.15) is 5.82 Å². The molecule has 1 aromatic heterocycles. The van der Waals surface area contributed by atoms with Crippen LogP contribution in [0.5, 0.6) is 0 Å². The fourth-order valence-corrected chi connectivity index (χ4v) is 3.25. The van der Waals surface area contributed by atoms with Gasteiger partial charge in [-0.25, -0.2) is 0 Å². The van der Waals surface area contributed by atoms with Crippen LogP contribution in [0.1, 0.15) is 22.0 Å². The van der Waals surface area contributed by atoms with Crippen LogP contribution in [0.15, 0.2) is 30.3 Å². The number of carbonyl (C=O) groups is 1. The van der Waals surface area contributed by atoms with E-state index in [1.807, 2.05) is 10.6 Å². The largest absolute Gasteiger partial charge is 0.378 e. The number of morpholine rings is 1.